The van der Waals surface area contributed by atoms with E-state index in [0.717, 1.165) is 32.5 Å². The third kappa shape index (κ3) is 2.93. The van der Waals surface area contributed by atoms with E-state index in [2.05, 4.69) is 30.8 Å². The summed E-state index contributed by atoms with van der Waals surface area (Å²) in [4.78, 5) is 4.57. The van der Waals surface area contributed by atoms with Gasteiger partial charge in [-0.2, -0.15) is 0 Å². The fraction of sp³-hybridized carbons (Fsp3) is 1.00. The Morgan fingerprint density at radius 2 is 2.08 bits per heavy atom. The van der Waals surface area contributed by atoms with Crippen LogP contribution in [0.4, 0.5) is 0 Å². The average Bonchev–Trinajstić information content (AvgIpc) is 2.09. The minimum Gasteiger partial charge on any atom is -0.391 e. The zero-order valence-electron chi connectivity index (χ0n) is 9.03. The van der Waals surface area contributed by atoms with Crippen LogP contribution >= 0.6 is 0 Å². The highest BCUT2D eigenvalue weighted by atomic mass is 16.3. The largest absolute Gasteiger partial charge is 0.391 e. The molecule has 13 heavy (non-hydrogen) atoms. The molecular formula is C10H22N2O. The van der Waals surface area contributed by atoms with Crippen molar-refractivity contribution in [1.29, 1.82) is 0 Å². The fourth-order valence-electron chi connectivity index (χ4n) is 1.95. The van der Waals surface area contributed by atoms with Crippen LogP contribution in [0, 0.1) is 0 Å². The molecule has 0 aromatic carbocycles. The molecule has 1 rings (SSSR count). The second kappa shape index (κ2) is 4.94. The number of rotatable bonds is 3. The maximum Gasteiger partial charge on any atom is 0.0707 e. The van der Waals surface area contributed by atoms with Crippen molar-refractivity contribution in [3.8, 4) is 0 Å². The lowest BCUT2D eigenvalue weighted by molar-refractivity contribution is 0.0106. The van der Waals surface area contributed by atoms with Crippen molar-refractivity contribution in [2.75, 3.05) is 33.7 Å². The van der Waals surface area contributed by atoms with Crippen molar-refractivity contribution < 1.29 is 5.11 Å². The number of nitrogens with zero attached hydrogens (tertiary/aromatic N) is 2. The number of aliphatic hydroxyl groups is 1. The Morgan fingerprint density at radius 3 is 2.69 bits per heavy atom. The van der Waals surface area contributed by atoms with Crippen LogP contribution in [-0.4, -0.2) is 60.8 Å². The van der Waals surface area contributed by atoms with E-state index in [1.807, 2.05) is 0 Å². The van der Waals surface area contributed by atoms with Crippen molar-refractivity contribution in [1.82, 2.24) is 9.80 Å². The third-order valence-electron chi connectivity index (χ3n) is 2.93. The Hall–Kier alpha value is -0.120. The number of hydrogen-bond donors (Lipinski definition) is 1. The van der Waals surface area contributed by atoms with Crippen LogP contribution in [0.3, 0.4) is 0 Å². The van der Waals surface area contributed by atoms with Gasteiger partial charge in [-0.25, -0.2) is 0 Å². The monoisotopic (exact) mass is 186 g/mol. The molecule has 2 unspecified atom stereocenters. The van der Waals surface area contributed by atoms with Gasteiger partial charge in [-0.3, -0.25) is 4.90 Å². The van der Waals surface area contributed by atoms with Crippen LogP contribution in [0.1, 0.15) is 19.8 Å². The highest BCUT2D eigenvalue weighted by molar-refractivity contribution is 4.83. The Morgan fingerprint density at radius 1 is 1.38 bits per heavy atom. The lowest BCUT2D eigenvalue weighted by Crippen LogP contribution is -2.54. The lowest BCUT2D eigenvalue weighted by Gasteiger charge is -2.40. The molecule has 2 atom stereocenters. The van der Waals surface area contributed by atoms with E-state index in [0.29, 0.717) is 6.04 Å². The average molecular weight is 186 g/mol. The molecule has 1 aliphatic heterocycles. The molecule has 3 nitrogen and oxygen atoms in total. The van der Waals surface area contributed by atoms with Crippen molar-refractivity contribution in [2.24, 2.45) is 0 Å². The van der Waals surface area contributed by atoms with Crippen LogP contribution in [0.5, 0.6) is 0 Å². The van der Waals surface area contributed by atoms with Crippen LogP contribution in [0.25, 0.3) is 0 Å². The van der Waals surface area contributed by atoms with E-state index < -0.39 is 0 Å². The predicted molar refractivity (Wildman–Crippen MR) is 54.8 cm³/mol. The highest BCUT2D eigenvalue weighted by Gasteiger charge is 2.27. The SMILES string of the molecule is CCCC(O)C1CN(C)CCN1C. The predicted octanol–water partition coefficient (Wildman–Crippen LogP) is 0.393. The molecule has 0 radical (unpaired) electrons. The summed E-state index contributed by atoms with van der Waals surface area (Å²) >= 11 is 0. The Kier molecular flexibility index (Phi) is 4.16. The van der Waals surface area contributed by atoms with Gasteiger partial charge in [0.1, 0.15) is 0 Å². The van der Waals surface area contributed by atoms with Gasteiger partial charge in [-0.1, -0.05) is 13.3 Å². The van der Waals surface area contributed by atoms with Gasteiger partial charge in [0.05, 0.1) is 6.10 Å². The first kappa shape index (κ1) is 11.0. The topological polar surface area (TPSA) is 26.7 Å². The maximum absolute atomic E-state index is 9.89. The van der Waals surface area contributed by atoms with E-state index in [1.165, 1.54) is 0 Å². The zero-order chi connectivity index (χ0) is 9.84. The summed E-state index contributed by atoms with van der Waals surface area (Å²) in [5, 5.41) is 9.89. The smallest absolute Gasteiger partial charge is 0.0707 e. The van der Waals surface area contributed by atoms with E-state index in [1.54, 1.807) is 0 Å². The van der Waals surface area contributed by atoms with E-state index in [4.69, 9.17) is 0 Å². The minimum atomic E-state index is -0.155. The van der Waals surface area contributed by atoms with Gasteiger partial charge in [0.15, 0.2) is 0 Å². The molecule has 3 heteroatoms. The number of piperazine rings is 1. The first-order chi connectivity index (χ1) is 6.15. The summed E-state index contributed by atoms with van der Waals surface area (Å²) in [5.74, 6) is 0. The first-order valence-corrected chi connectivity index (χ1v) is 5.22. The molecule has 1 N–H and O–H groups in total. The molecule has 0 aromatic rings. The van der Waals surface area contributed by atoms with Gasteiger partial charge in [0, 0.05) is 25.7 Å². The van der Waals surface area contributed by atoms with Crippen molar-refractivity contribution in [3.63, 3.8) is 0 Å². The Labute approximate surface area is 81.3 Å². The van der Waals surface area contributed by atoms with Gasteiger partial charge in [0.25, 0.3) is 0 Å². The standard InChI is InChI=1S/C10H22N2O/c1-4-5-10(13)9-8-11(2)6-7-12(9)3/h9-10,13H,4-8H2,1-3H3. The molecule has 78 valence electrons. The second-order valence-corrected chi connectivity index (χ2v) is 4.17. The molecular weight excluding hydrogens is 164 g/mol. The van der Waals surface area contributed by atoms with Crippen molar-refractivity contribution >= 4 is 0 Å². The Bertz CT molecular complexity index is 152. The summed E-state index contributed by atoms with van der Waals surface area (Å²) in [6, 6.07) is 0.332. The Balaban J connectivity index is 2.44. The summed E-state index contributed by atoms with van der Waals surface area (Å²) in [7, 11) is 4.23. The quantitative estimate of drug-likeness (QED) is 0.691. The summed E-state index contributed by atoms with van der Waals surface area (Å²) in [6.07, 6.45) is 1.83. The highest BCUT2D eigenvalue weighted by Crippen LogP contribution is 2.13. The van der Waals surface area contributed by atoms with Crippen LogP contribution < -0.4 is 0 Å². The van der Waals surface area contributed by atoms with Crippen LogP contribution in [0.2, 0.25) is 0 Å². The summed E-state index contributed by atoms with van der Waals surface area (Å²) < 4.78 is 0. The summed E-state index contributed by atoms with van der Waals surface area (Å²) in [5.41, 5.74) is 0. The molecule has 1 fully saturated rings. The zero-order valence-corrected chi connectivity index (χ0v) is 9.03. The van der Waals surface area contributed by atoms with Gasteiger partial charge in [-0.05, 0) is 20.5 Å². The van der Waals surface area contributed by atoms with Gasteiger partial charge in [-0.15, -0.1) is 0 Å². The molecule has 0 aliphatic carbocycles. The van der Waals surface area contributed by atoms with Gasteiger partial charge in [0.2, 0.25) is 0 Å². The van der Waals surface area contributed by atoms with Crippen molar-refractivity contribution in [3.05, 3.63) is 0 Å². The summed E-state index contributed by atoms with van der Waals surface area (Å²) in [6.45, 7) is 5.31. The molecule has 0 bridgehead atoms. The molecule has 0 aromatic heterocycles. The number of hydrogen-bond acceptors (Lipinski definition) is 3. The maximum atomic E-state index is 9.89. The molecule has 1 saturated heterocycles. The normalized spacial score (nSPS) is 29.1. The number of likely N-dealkylation sites (N-methyl/N-ethyl adjacent to an activating group) is 2. The molecule has 1 heterocycles. The lowest BCUT2D eigenvalue weighted by atomic mass is 10.0. The van der Waals surface area contributed by atoms with Crippen molar-refractivity contribution in [2.45, 2.75) is 31.9 Å². The molecule has 0 saturated carbocycles. The molecule has 0 amide bonds. The fourth-order valence-corrected chi connectivity index (χ4v) is 1.95. The van der Waals surface area contributed by atoms with E-state index in [-0.39, 0.29) is 6.10 Å². The second-order valence-electron chi connectivity index (χ2n) is 4.17. The van der Waals surface area contributed by atoms with Crippen LogP contribution in [0.15, 0.2) is 0 Å². The number of aliphatic hydroxyl groups excluding tert-OH is 1. The molecule has 1 aliphatic rings. The van der Waals surface area contributed by atoms with E-state index >= 15 is 0 Å². The van der Waals surface area contributed by atoms with Gasteiger partial charge >= 0.3 is 0 Å². The van der Waals surface area contributed by atoms with Gasteiger partial charge < -0.3 is 10.0 Å². The third-order valence-corrected chi connectivity index (χ3v) is 2.93. The first-order valence-electron chi connectivity index (χ1n) is 5.22. The van der Waals surface area contributed by atoms with Crippen LogP contribution in [-0.2, 0) is 0 Å². The molecule has 0 spiro atoms. The minimum absolute atomic E-state index is 0.155. The van der Waals surface area contributed by atoms with E-state index in [9.17, 15) is 5.11 Å².